The van der Waals surface area contributed by atoms with Crippen LogP contribution >= 0.6 is 11.3 Å². The van der Waals surface area contributed by atoms with Gasteiger partial charge >= 0.3 is 5.00 Å². The molecule has 2 aromatic rings. The number of aldehydes is 1. The Morgan fingerprint density at radius 3 is 2.44 bits per heavy atom. The highest BCUT2D eigenvalue weighted by Gasteiger charge is 2.09. The van der Waals surface area contributed by atoms with Gasteiger partial charge < -0.3 is 0 Å². The van der Waals surface area contributed by atoms with Gasteiger partial charge in [-0.3, -0.25) is 14.9 Å². The fraction of sp³-hybridized carbons (Fsp3) is 0. The molecule has 1 aromatic heterocycles. The number of carbonyl (C=O) groups is 1. The van der Waals surface area contributed by atoms with Gasteiger partial charge in [0.1, 0.15) is 0 Å². The molecule has 0 amide bonds. The minimum absolute atomic E-state index is 0.0690. The average molecular weight is 259 g/mol. The summed E-state index contributed by atoms with van der Waals surface area (Å²) in [5, 5.41) is 10.6. The average Bonchev–Trinajstić information content (AvgIpc) is 2.86. The van der Waals surface area contributed by atoms with Gasteiger partial charge in [-0.1, -0.05) is 41.7 Å². The molecular formula is C13H9NO3S. The standard InChI is InChI=1S/C13H9NO3S/c15-9-11(10-4-2-1-3-5-10)8-12-6-7-13(18-12)14(16)17/h1-9H/b11-8-. The van der Waals surface area contributed by atoms with E-state index >= 15 is 0 Å². The first-order valence-electron chi connectivity index (χ1n) is 5.17. The first-order valence-corrected chi connectivity index (χ1v) is 5.99. The molecule has 0 atom stereocenters. The van der Waals surface area contributed by atoms with Gasteiger partial charge in [0.15, 0.2) is 6.29 Å². The maximum absolute atomic E-state index is 11.1. The van der Waals surface area contributed by atoms with E-state index in [9.17, 15) is 14.9 Å². The monoisotopic (exact) mass is 259 g/mol. The molecule has 0 aliphatic rings. The lowest BCUT2D eigenvalue weighted by atomic mass is 10.1. The van der Waals surface area contributed by atoms with Crippen molar-refractivity contribution in [1.29, 1.82) is 0 Å². The highest BCUT2D eigenvalue weighted by molar-refractivity contribution is 7.16. The van der Waals surface area contributed by atoms with Crippen LogP contribution in [0.4, 0.5) is 5.00 Å². The number of hydrogen-bond donors (Lipinski definition) is 0. The summed E-state index contributed by atoms with van der Waals surface area (Å²) in [6, 6.07) is 12.2. The van der Waals surface area contributed by atoms with E-state index in [1.165, 1.54) is 6.07 Å². The Labute approximate surface area is 107 Å². The molecule has 1 heterocycles. The van der Waals surface area contributed by atoms with Crippen LogP contribution in [0.5, 0.6) is 0 Å². The summed E-state index contributed by atoms with van der Waals surface area (Å²) in [6.07, 6.45) is 2.40. The Bertz CT molecular complexity index is 602. The van der Waals surface area contributed by atoms with Crippen molar-refractivity contribution in [3.05, 3.63) is 63.0 Å². The molecule has 1 aromatic carbocycles. The van der Waals surface area contributed by atoms with E-state index in [1.54, 1.807) is 12.1 Å². The first-order chi connectivity index (χ1) is 8.70. The second-order valence-electron chi connectivity index (χ2n) is 3.52. The van der Waals surface area contributed by atoms with Crippen molar-refractivity contribution >= 4 is 34.3 Å². The molecule has 18 heavy (non-hydrogen) atoms. The van der Waals surface area contributed by atoms with Gasteiger partial charge in [-0.25, -0.2) is 0 Å². The van der Waals surface area contributed by atoms with Crippen LogP contribution in [0.3, 0.4) is 0 Å². The van der Waals surface area contributed by atoms with Crippen LogP contribution in [0, 0.1) is 10.1 Å². The van der Waals surface area contributed by atoms with Crippen LogP contribution in [-0.4, -0.2) is 11.2 Å². The summed E-state index contributed by atoms with van der Waals surface area (Å²) in [4.78, 5) is 21.9. The molecule has 4 nitrogen and oxygen atoms in total. The number of nitro groups is 1. The summed E-state index contributed by atoms with van der Waals surface area (Å²) < 4.78 is 0. The normalized spacial score (nSPS) is 11.2. The van der Waals surface area contributed by atoms with E-state index in [-0.39, 0.29) is 5.00 Å². The number of benzene rings is 1. The minimum Gasteiger partial charge on any atom is -0.298 e. The van der Waals surface area contributed by atoms with Gasteiger partial charge in [0, 0.05) is 16.5 Å². The zero-order valence-electron chi connectivity index (χ0n) is 9.28. The molecule has 0 aliphatic heterocycles. The lowest BCUT2D eigenvalue weighted by Crippen LogP contribution is -1.84. The number of carbonyl (C=O) groups excluding carboxylic acids is 1. The molecule has 0 bridgehead atoms. The van der Waals surface area contributed by atoms with Gasteiger partial charge in [0.05, 0.1) is 4.92 Å². The zero-order chi connectivity index (χ0) is 13.0. The fourth-order valence-electron chi connectivity index (χ4n) is 1.49. The molecule has 0 aliphatic carbocycles. The van der Waals surface area contributed by atoms with Crippen molar-refractivity contribution in [3.8, 4) is 0 Å². The number of thiophene rings is 1. The van der Waals surface area contributed by atoms with Crippen molar-refractivity contribution in [2.75, 3.05) is 0 Å². The largest absolute Gasteiger partial charge is 0.324 e. The Hall–Kier alpha value is -2.27. The molecule has 0 fully saturated rings. The van der Waals surface area contributed by atoms with Crippen LogP contribution in [-0.2, 0) is 4.79 Å². The fourth-order valence-corrected chi connectivity index (χ4v) is 2.26. The molecule has 2 rings (SSSR count). The summed E-state index contributed by atoms with van der Waals surface area (Å²) in [5.74, 6) is 0. The van der Waals surface area contributed by atoms with Crippen LogP contribution in [0.2, 0.25) is 0 Å². The number of hydrogen-bond acceptors (Lipinski definition) is 4. The smallest absolute Gasteiger partial charge is 0.298 e. The van der Waals surface area contributed by atoms with E-state index < -0.39 is 4.92 Å². The van der Waals surface area contributed by atoms with Crippen molar-refractivity contribution in [2.45, 2.75) is 0 Å². The third kappa shape index (κ3) is 2.70. The van der Waals surface area contributed by atoms with Crippen LogP contribution < -0.4 is 0 Å². The number of allylic oxidation sites excluding steroid dienone is 1. The first kappa shape index (κ1) is 12.2. The van der Waals surface area contributed by atoms with E-state index in [4.69, 9.17) is 0 Å². The van der Waals surface area contributed by atoms with Crippen LogP contribution in [0.25, 0.3) is 11.6 Å². The minimum atomic E-state index is -0.439. The maximum atomic E-state index is 11.1. The SMILES string of the molecule is O=C/C(=C/c1ccc([N+](=O)[O-])s1)c1ccccc1. The third-order valence-electron chi connectivity index (χ3n) is 2.32. The van der Waals surface area contributed by atoms with Crippen molar-refractivity contribution in [3.63, 3.8) is 0 Å². The lowest BCUT2D eigenvalue weighted by Gasteiger charge is -1.98. The van der Waals surface area contributed by atoms with Crippen molar-refractivity contribution < 1.29 is 9.72 Å². The van der Waals surface area contributed by atoms with Gasteiger partial charge in [0.25, 0.3) is 0 Å². The molecule has 90 valence electrons. The predicted molar refractivity (Wildman–Crippen MR) is 71.4 cm³/mol. The zero-order valence-corrected chi connectivity index (χ0v) is 10.1. The predicted octanol–water partition coefficient (Wildman–Crippen LogP) is 3.40. The van der Waals surface area contributed by atoms with Crippen LogP contribution in [0.1, 0.15) is 10.4 Å². The molecule has 0 N–H and O–H groups in total. The van der Waals surface area contributed by atoms with Crippen LogP contribution in [0.15, 0.2) is 42.5 Å². The number of nitrogens with zero attached hydrogens (tertiary/aromatic N) is 1. The van der Waals surface area contributed by atoms with Gasteiger partial charge in [-0.2, -0.15) is 0 Å². The van der Waals surface area contributed by atoms with Crippen molar-refractivity contribution in [1.82, 2.24) is 0 Å². The Balaban J connectivity index is 2.35. The number of rotatable bonds is 4. The summed E-state index contributed by atoms with van der Waals surface area (Å²) >= 11 is 1.04. The molecule has 0 unspecified atom stereocenters. The van der Waals surface area contributed by atoms with E-state index in [2.05, 4.69) is 0 Å². The Morgan fingerprint density at radius 1 is 1.17 bits per heavy atom. The molecule has 5 heteroatoms. The molecule has 0 saturated carbocycles. The van der Waals surface area contributed by atoms with Gasteiger partial charge in [-0.15, -0.1) is 0 Å². The third-order valence-corrected chi connectivity index (χ3v) is 3.31. The Morgan fingerprint density at radius 2 is 1.89 bits per heavy atom. The second kappa shape index (κ2) is 5.37. The van der Waals surface area contributed by atoms with Gasteiger partial charge in [-0.05, 0) is 17.7 Å². The van der Waals surface area contributed by atoms with Crippen molar-refractivity contribution in [2.24, 2.45) is 0 Å². The topological polar surface area (TPSA) is 60.2 Å². The summed E-state index contributed by atoms with van der Waals surface area (Å²) in [5.41, 5.74) is 1.30. The molecular weight excluding hydrogens is 250 g/mol. The Kier molecular flexibility index (Phi) is 3.64. The van der Waals surface area contributed by atoms with E-state index in [1.807, 2.05) is 30.3 Å². The van der Waals surface area contributed by atoms with E-state index in [0.717, 1.165) is 23.2 Å². The lowest BCUT2D eigenvalue weighted by molar-refractivity contribution is -0.380. The molecule has 0 saturated heterocycles. The second-order valence-corrected chi connectivity index (χ2v) is 4.61. The summed E-state index contributed by atoms with van der Waals surface area (Å²) in [7, 11) is 0. The molecule has 0 radical (unpaired) electrons. The van der Waals surface area contributed by atoms with Gasteiger partial charge in [0.2, 0.25) is 0 Å². The van der Waals surface area contributed by atoms with E-state index in [0.29, 0.717) is 10.5 Å². The summed E-state index contributed by atoms with van der Waals surface area (Å²) in [6.45, 7) is 0. The molecule has 0 spiro atoms. The highest BCUT2D eigenvalue weighted by atomic mass is 32.1. The highest BCUT2D eigenvalue weighted by Crippen LogP contribution is 2.27. The quantitative estimate of drug-likeness (QED) is 0.366. The maximum Gasteiger partial charge on any atom is 0.324 e.